The van der Waals surface area contributed by atoms with Crippen LogP contribution in [0.5, 0.6) is 0 Å². The van der Waals surface area contributed by atoms with E-state index in [4.69, 9.17) is 23.1 Å². The molecule has 1 heterocycles. The predicted octanol–water partition coefficient (Wildman–Crippen LogP) is 1.51. The van der Waals surface area contributed by atoms with Gasteiger partial charge in [0.2, 0.25) is 0 Å². The van der Waals surface area contributed by atoms with Crippen molar-refractivity contribution >= 4 is 17.5 Å². The molecule has 3 rings (SSSR count). The molecule has 1 aromatic heterocycles. The first-order valence-corrected chi connectivity index (χ1v) is 8.70. The number of amides is 1. The molecule has 8 heteroatoms. The molecule has 0 saturated heterocycles. The molecule has 2 aromatic rings. The molecule has 0 bridgehead atoms. The summed E-state index contributed by atoms with van der Waals surface area (Å²) in [5.74, 6) is -0.642. The zero-order valence-electron chi connectivity index (χ0n) is 13.8. The Bertz CT molecular complexity index is 786. The highest BCUT2D eigenvalue weighted by Gasteiger charge is 2.30. The summed E-state index contributed by atoms with van der Waals surface area (Å²) in [6.45, 7) is 1.50. The van der Waals surface area contributed by atoms with Crippen molar-refractivity contribution in [1.29, 1.82) is 0 Å². The van der Waals surface area contributed by atoms with E-state index in [1.54, 1.807) is 4.90 Å². The molecule has 4 N–H and O–H groups in total. The Labute approximate surface area is 150 Å². The number of rotatable bonds is 6. The second-order valence-corrected chi connectivity index (χ2v) is 6.44. The summed E-state index contributed by atoms with van der Waals surface area (Å²) in [6, 6.07) is 4.31. The molecule has 1 amide bonds. The minimum Gasteiger partial charge on any atom is -0.335 e. The normalized spacial score (nSPS) is 13.1. The van der Waals surface area contributed by atoms with Crippen LogP contribution in [0.25, 0.3) is 5.69 Å². The van der Waals surface area contributed by atoms with Crippen molar-refractivity contribution in [3.05, 3.63) is 46.0 Å². The first-order chi connectivity index (χ1) is 12.1. The summed E-state index contributed by atoms with van der Waals surface area (Å²) >= 11 is 6.01. The number of benzene rings is 1. The molecule has 0 atom stereocenters. The average molecular weight is 366 g/mol. The third-order valence-electron chi connectivity index (χ3n) is 4.35. The van der Waals surface area contributed by atoms with Crippen LogP contribution in [0, 0.1) is 5.82 Å². The van der Waals surface area contributed by atoms with Crippen molar-refractivity contribution in [3.8, 4) is 5.69 Å². The molecule has 6 nitrogen and oxygen atoms in total. The van der Waals surface area contributed by atoms with E-state index in [-0.39, 0.29) is 11.6 Å². The van der Waals surface area contributed by atoms with E-state index < -0.39 is 5.82 Å². The molecule has 0 spiro atoms. The van der Waals surface area contributed by atoms with Crippen LogP contribution < -0.4 is 11.5 Å². The number of hydrogen-bond donors (Lipinski definition) is 2. The maximum absolute atomic E-state index is 14.3. The van der Waals surface area contributed by atoms with Gasteiger partial charge in [-0.3, -0.25) is 4.79 Å². The van der Waals surface area contributed by atoms with Crippen LogP contribution in [0.3, 0.4) is 0 Å². The first kappa shape index (κ1) is 17.8. The minimum atomic E-state index is -0.429. The Morgan fingerprint density at radius 3 is 2.68 bits per heavy atom. The first-order valence-electron chi connectivity index (χ1n) is 8.32. The van der Waals surface area contributed by atoms with E-state index in [0.29, 0.717) is 36.9 Å². The molecular weight excluding hydrogens is 345 g/mol. The number of carbonyl (C=O) groups is 1. The van der Waals surface area contributed by atoms with Crippen molar-refractivity contribution in [1.82, 2.24) is 14.7 Å². The number of fused-ring (bicyclic) bond motifs is 1. The van der Waals surface area contributed by atoms with Gasteiger partial charge >= 0.3 is 0 Å². The summed E-state index contributed by atoms with van der Waals surface area (Å²) in [6.07, 6.45) is 2.40. The SMILES string of the molecule is NCCN(CCN)C(=O)c1nn(-c2cc(Cl)ccc2F)c2c1CCC2. The lowest BCUT2D eigenvalue weighted by Gasteiger charge is -2.20. The standard InChI is InChI=1S/C17H21ClFN5O/c18-11-4-5-13(19)15(10-11)24-14-3-1-2-12(14)16(22-24)17(25)23(8-6-20)9-7-21/h4-5,10H,1-3,6-9,20-21H2. The van der Waals surface area contributed by atoms with Crippen molar-refractivity contribution in [3.63, 3.8) is 0 Å². The van der Waals surface area contributed by atoms with Crippen molar-refractivity contribution in [2.45, 2.75) is 19.3 Å². The molecule has 0 radical (unpaired) electrons. The number of halogens is 2. The number of nitrogens with two attached hydrogens (primary N) is 2. The van der Waals surface area contributed by atoms with E-state index >= 15 is 0 Å². The fourth-order valence-corrected chi connectivity index (χ4v) is 3.40. The molecule has 1 aliphatic rings. The number of hydrogen-bond acceptors (Lipinski definition) is 4. The summed E-state index contributed by atoms with van der Waals surface area (Å²) in [5, 5.41) is 4.85. The second-order valence-electron chi connectivity index (χ2n) is 6.00. The molecule has 25 heavy (non-hydrogen) atoms. The van der Waals surface area contributed by atoms with E-state index in [1.165, 1.54) is 22.9 Å². The van der Waals surface area contributed by atoms with Gasteiger partial charge in [0.25, 0.3) is 5.91 Å². The third kappa shape index (κ3) is 3.40. The lowest BCUT2D eigenvalue weighted by Crippen LogP contribution is -2.39. The molecule has 1 aliphatic carbocycles. The maximum Gasteiger partial charge on any atom is 0.274 e. The van der Waals surface area contributed by atoms with E-state index in [9.17, 15) is 9.18 Å². The average Bonchev–Trinajstić information content (AvgIpc) is 3.19. The van der Waals surface area contributed by atoms with E-state index in [2.05, 4.69) is 5.10 Å². The Balaban J connectivity index is 2.05. The quantitative estimate of drug-likeness (QED) is 0.812. The van der Waals surface area contributed by atoms with Crippen molar-refractivity contribution in [2.75, 3.05) is 26.2 Å². The number of aromatic nitrogens is 2. The van der Waals surface area contributed by atoms with Crippen LogP contribution in [0.15, 0.2) is 18.2 Å². The molecule has 1 aromatic carbocycles. The third-order valence-corrected chi connectivity index (χ3v) is 4.59. The van der Waals surface area contributed by atoms with Gasteiger partial charge in [0.15, 0.2) is 5.69 Å². The molecule has 0 unspecified atom stereocenters. The van der Waals surface area contributed by atoms with Crippen molar-refractivity contribution < 1.29 is 9.18 Å². The van der Waals surface area contributed by atoms with Gasteiger partial charge in [0.05, 0.1) is 0 Å². The van der Waals surface area contributed by atoms with Gasteiger partial charge < -0.3 is 16.4 Å². The summed E-state index contributed by atoms with van der Waals surface area (Å²) in [5.41, 5.74) is 13.6. The minimum absolute atomic E-state index is 0.213. The topological polar surface area (TPSA) is 90.2 Å². The number of nitrogens with zero attached hydrogens (tertiary/aromatic N) is 3. The molecular formula is C17H21ClFN5O. The zero-order chi connectivity index (χ0) is 18.0. The highest BCUT2D eigenvalue weighted by molar-refractivity contribution is 6.30. The van der Waals surface area contributed by atoms with Crippen LogP contribution in [0.2, 0.25) is 5.02 Å². The van der Waals surface area contributed by atoms with Crippen LogP contribution in [0.1, 0.15) is 28.2 Å². The molecule has 0 saturated carbocycles. The fourth-order valence-electron chi connectivity index (χ4n) is 3.23. The Kier molecular flexibility index (Phi) is 5.36. The molecule has 0 aliphatic heterocycles. The second kappa shape index (κ2) is 7.51. The summed E-state index contributed by atoms with van der Waals surface area (Å²) < 4.78 is 15.8. The van der Waals surface area contributed by atoms with Crippen molar-refractivity contribution in [2.24, 2.45) is 11.5 Å². The highest BCUT2D eigenvalue weighted by atomic mass is 35.5. The van der Waals surface area contributed by atoms with Gasteiger partial charge in [-0.1, -0.05) is 11.6 Å². The van der Waals surface area contributed by atoms with Gasteiger partial charge in [0, 0.05) is 42.5 Å². The van der Waals surface area contributed by atoms with Crippen LogP contribution in [-0.4, -0.2) is 46.8 Å². The van der Waals surface area contributed by atoms with Gasteiger partial charge in [0.1, 0.15) is 11.5 Å². The smallest absolute Gasteiger partial charge is 0.274 e. The van der Waals surface area contributed by atoms with Crippen LogP contribution >= 0.6 is 11.6 Å². The monoisotopic (exact) mass is 365 g/mol. The van der Waals surface area contributed by atoms with E-state index in [0.717, 1.165) is 30.5 Å². The Morgan fingerprint density at radius 1 is 1.28 bits per heavy atom. The van der Waals surface area contributed by atoms with Crippen LogP contribution in [-0.2, 0) is 12.8 Å². The van der Waals surface area contributed by atoms with E-state index in [1.807, 2.05) is 0 Å². The number of carbonyl (C=O) groups excluding carboxylic acids is 1. The molecule has 134 valence electrons. The Hall–Kier alpha value is -1.96. The summed E-state index contributed by atoms with van der Waals surface area (Å²) in [7, 11) is 0. The lowest BCUT2D eigenvalue weighted by molar-refractivity contribution is 0.0757. The van der Waals surface area contributed by atoms with Gasteiger partial charge in [-0.05, 0) is 37.5 Å². The Morgan fingerprint density at radius 2 is 2.00 bits per heavy atom. The predicted molar refractivity (Wildman–Crippen MR) is 94.6 cm³/mol. The zero-order valence-corrected chi connectivity index (χ0v) is 14.6. The fraction of sp³-hybridized carbons (Fsp3) is 0.412. The van der Waals surface area contributed by atoms with Crippen LogP contribution in [0.4, 0.5) is 4.39 Å². The van der Waals surface area contributed by atoms with Gasteiger partial charge in [-0.15, -0.1) is 0 Å². The largest absolute Gasteiger partial charge is 0.335 e. The highest BCUT2D eigenvalue weighted by Crippen LogP contribution is 2.30. The van der Waals surface area contributed by atoms with Gasteiger partial charge in [-0.25, -0.2) is 9.07 Å². The summed E-state index contributed by atoms with van der Waals surface area (Å²) in [4.78, 5) is 14.5. The molecule has 0 fully saturated rings. The lowest BCUT2D eigenvalue weighted by atomic mass is 10.2. The van der Waals surface area contributed by atoms with Gasteiger partial charge in [-0.2, -0.15) is 5.10 Å². The maximum atomic E-state index is 14.3.